The molecule has 38 heavy (non-hydrogen) atoms. The van der Waals surface area contributed by atoms with Gasteiger partial charge in [-0.2, -0.15) is 0 Å². The molecule has 1 saturated carbocycles. The van der Waals surface area contributed by atoms with Gasteiger partial charge in [0.2, 0.25) is 0 Å². The molecule has 0 unspecified atom stereocenters. The molecule has 2 aromatic rings. The molecular weight excluding hydrogens is 498 g/mol. The van der Waals surface area contributed by atoms with Crippen LogP contribution in [0.25, 0.3) is 0 Å². The van der Waals surface area contributed by atoms with Crippen LogP contribution in [-0.4, -0.2) is 72.8 Å². The van der Waals surface area contributed by atoms with Gasteiger partial charge in [-0.1, -0.05) is 6.92 Å². The second kappa shape index (κ2) is 11.6. The first kappa shape index (κ1) is 27.6. The number of hydrogen-bond donors (Lipinski definition) is 1. The number of methoxy groups -OCH3 is 1. The smallest absolute Gasteiger partial charge is 0.255 e. The van der Waals surface area contributed by atoms with Crippen LogP contribution in [-0.2, 0) is 22.4 Å². The minimum atomic E-state index is -0.0829. The Hall–Kier alpha value is -2.00. The molecule has 0 aromatic carbocycles. The number of thiophene rings is 1. The van der Waals surface area contributed by atoms with E-state index in [2.05, 4.69) is 23.7 Å². The second-order valence-corrected chi connectivity index (χ2v) is 12.7. The van der Waals surface area contributed by atoms with Crippen LogP contribution >= 0.6 is 11.3 Å². The Balaban J connectivity index is 1.19. The molecule has 4 heterocycles. The molecule has 1 N–H and O–H groups in total. The first-order valence-corrected chi connectivity index (χ1v) is 15.0. The van der Waals surface area contributed by atoms with Gasteiger partial charge in [-0.15, -0.1) is 11.3 Å². The predicted molar refractivity (Wildman–Crippen MR) is 151 cm³/mol. The van der Waals surface area contributed by atoms with Crippen molar-refractivity contribution < 1.29 is 14.3 Å². The summed E-state index contributed by atoms with van der Waals surface area (Å²) in [7, 11) is 1.71. The number of fused-ring (bicyclic) bond motifs is 1. The number of pyridine rings is 1. The molecule has 2 aromatic heterocycles. The minimum absolute atomic E-state index is 0.0829. The first-order valence-electron chi connectivity index (χ1n) is 14.2. The average Bonchev–Trinajstić information content (AvgIpc) is 3.20. The van der Waals surface area contributed by atoms with Crippen LogP contribution in [0.4, 0.5) is 0 Å². The van der Waals surface area contributed by atoms with Crippen molar-refractivity contribution in [3.8, 4) is 0 Å². The lowest BCUT2D eigenvalue weighted by atomic mass is 9.76. The van der Waals surface area contributed by atoms with Crippen molar-refractivity contribution in [2.24, 2.45) is 5.92 Å². The van der Waals surface area contributed by atoms with Gasteiger partial charge in [0.1, 0.15) is 0 Å². The molecule has 5 rings (SSSR count). The van der Waals surface area contributed by atoms with Crippen molar-refractivity contribution in [2.75, 3.05) is 40.0 Å². The summed E-state index contributed by atoms with van der Waals surface area (Å²) in [5.74, 6) is 1.22. The van der Waals surface area contributed by atoms with E-state index in [-0.39, 0.29) is 11.5 Å². The zero-order valence-corrected chi connectivity index (χ0v) is 24.4. The molecule has 2 fully saturated rings. The van der Waals surface area contributed by atoms with E-state index in [1.165, 1.54) is 41.0 Å². The van der Waals surface area contributed by atoms with E-state index in [1.54, 1.807) is 7.11 Å². The topological polar surface area (TPSA) is 74.9 Å². The molecule has 2 aliphatic heterocycles. The van der Waals surface area contributed by atoms with E-state index in [4.69, 9.17) is 9.47 Å². The molecule has 7 nitrogen and oxygen atoms in total. The number of amides is 1. The van der Waals surface area contributed by atoms with Crippen molar-refractivity contribution in [3.63, 3.8) is 0 Å². The van der Waals surface area contributed by atoms with Crippen molar-refractivity contribution in [2.45, 2.75) is 84.4 Å². The van der Waals surface area contributed by atoms with Gasteiger partial charge < -0.3 is 19.4 Å². The zero-order valence-electron chi connectivity index (χ0n) is 23.6. The Labute approximate surface area is 230 Å². The van der Waals surface area contributed by atoms with E-state index in [0.29, 0.717) is 55.8 Å². The highest BCUT2D eigenvalue weighted by molar-refractivity contribution is 7.12. The summed E-state index contributed by atoms with van der Waals surface area (Å²) in [5, 5.41) is 0. The molecule has 3 aliphatic rings. The summed E-state index contributed by atoms with van der Waals surface area (Å²) >= 11 is 1.86. The number of hydrogen-bond acceptors (Lipinski definition) is 6. The van der Waals surface area contributed by atoms with Gasteiger partial charge in [-0.25, -0.2) is 0 Å². The molecule has 1 aliphatic carbocycles. The third-order valence-electron chi connectivity index (χ3n) is 9.10. The number of nitrogens with one attached hydrogen (secondary N) is 1. The van der Waals surface area contributed by atoms with Gasteiger partial charge in [-0.3, -0.25) is 14.5 Å². The molecule has 8 heteroatoms. The number of H-pyrrole nitrogens is 1. The molecular formula is C30H43N3O4S. The standard InChI is InChI=1S/C30H43N3O4S/c1-18-14-19(2)31-29(34)25(18)17-32-11-10-26-27(30(32)35)21(4)28(38-26)20(3)22-6-8-23(9-7-22)33-15-24(16-33)37-13-12-36-5/h14,20,22-24H,6-13,15-17H2,1-5H3,(H,31,34)/t20-,22?,23?/m1/s1. The van der Waals surface area contributed by atoms with Gasteiger partial charge >= 0.3 is 0 Å². The van der Waals surface area contributed by atoms with Crippen molar-refractivity contribution in [1.82, 2.24) is 14.8 Å². The Morgan fingerprint density at radius 1 is 1.11 bits per heavy atom. The fraction of sp³-hybridized carbons (Fsp3) is 0.667. The van der Waals surface area contributed by atoms with Gasteiger partial charge in [0.05, 0.1) is 31.4 Å². The third kappa shape index (κ3) is 5.51. The van der Waals surface area contributed by atoms with Crippen LogP contribution in [0, 0.1) is 26.7 Å². The second-order valence-electron chi connectivity index (χ2n) is 11.6. The van der Waals surface area contributed by atoms with Crippen LogP contribution in [0.3, 0.4) is 0 Å². The lowest BCUT2D eigenvalue weighted by molar-refractivity contribution is -0.0883. The molecule has 1 saturated heterocycles. The van der Waals surface area contributed by atoms with Gasteiger partial charge in [0.15, 0.2) is 0 Å². The van der Waals surface area contributed by atoms with E-state index in [1.807, 2.05) is 36.2 Å². The number of ether oxygens (including phenoxy) is 2. The Morgan fingerprint density at radius 3 is 2.53 bits per heavy atom. The molecule has 0 radical (unpaired) electrons. The number of nitrogens with zero attached hydrogens (tertiary/aromatic N) is 2. The molecule has 0 spiro atoms. The fourth-order valence-corrected chi connectivity index (χ4v) is 8.19. The van der Waals surface area contributed by atoms with Gasteiger partial charge in [-0.05, 0) is 75.5 Å². The summed E-state index contributed by atoms with van der Waals surface area (Å²) in [4.78, 5) is 36.2. The number of likely N-dealkylation sites (tertiary alicyclic amines) is 1. The highest BCUT2D eigenvalue weighted by Gasteiger charge is 2.38. The first-order chi connectivity index (χ1) is 18.3. The largest absolute Gasteiger partial charge is 0.382 e. The fourth-order valence-electron chi connectivity index (χ4n) is 6.75. The Kier molecular flexibility index (Phi) is 8.43. The van der Waals surface area contributed by atoms with Crippen LogP contribution in [0.15, 0.2) is 10.9 Å². The SMILES string of the molecule is COCCOC1CN(C2CCC([C@@H](C)c3sc4c(c3C)C(=O)N(Cc3c(C)cc(C)[nH]c3=O)CC4)CC2)C1. The third-order valence-corrected chi connectivity index (χ3v) is 10.7. The monoisotopic (exact) mass is 541 g/mol. The number of aromatic amines is 1. The van der Waals surface area contributed by atoms with E-state index in [9.17, 15) is 9.59 Å². The molecule has 208 valence electrons. The summed E-state index contributed by atoms with van der Waals surface area (Å²) < 4.78 is 10.9. The summed E-state index contributed by atoms with van der Waals surface area (Å²) in [6.45, 7) is 12.9. The Morgan fingerprint density at radius 2 is 1.84 bits per heavy atom. The quantitative estimate of drug-likeness (QED) is 0.471. The number of aromatic nitrogens is 1. The molecule has 1 amide bonds. The number of carbonyl (C=O) groups is 1. The van der Waals surface area contributed by atoms with Crippen LogP contribution < -0.4 is 5.56 Å². The molecule has 0 bridgehead atoms. The van der Waals surface area contributed by atoms with Crippen LogP contribution in [0.1, 0.15) is 81.0 Å². The lowest BCUT2D eigenvalue weighted by Gasteiger charge is -2.46. The maximum absolute atomic E-state index is 13.6. The highest BCUT2D eigenvalue weighted by atomic mass is 32.1. The van der Waals surface area contributed by atoms with E-state index >= 15 is 0 Å². The van der Waals surface area contributed by atoms with Crippen molar-refractivity contribution in [3.05, 3.63) is 54.1 Å². The van der Waals surface area contributed by atoms with Gasteiger partial charge in [0, 0.05) is 60.2 Å². The summed E-state index contributed by atoms with van der Waals surface area (Å²) in [6.07, 6.45) is 6.23. The summed E-state index contributed by atoms with van der Waals surface area (Å²) in [5.41, 5.74) is 4.48. The normalized spacial score (nSPS) is 23.4. The number of rotatable bonds is 9. The number of aryl methyl sites for hydroxylation is 2. The van der Waals surface area contributed by atoms with Gasteiger partial charge in [0.25, 0.3) is 11.5 Å². The van der Waals surface area contributed by atoms with E-state index < -0.39 is 0 Å². The summed E-state index contributed by atoms with van der Waals surface area (Å²) in [6, 6.07) is 2.67. The minimum Gasteiger partial charge on any atom is -0.382 e. The van der Waals surface area contributed by atoms with Crippen LogP contribution in [0.2, 0.25) is 0 Å². The zero-order chi connectivity index (χ0) is 27.0. The lowest BCUT2D eigenvalue weighted by Crippen LogP contribution is -2.57. The average molecular weight is 542 g/mol. The van der Waals surface area contributed by atoms with Crippen molar-refractivity contribution in [1.29, 1.82) is 0 Å². The molecule has 1 atom stereocenters. The van der Waals surface area contributed by atoms with E-state index in [0.717, 1.165) is 36.3 Å². The highest BCUT2D eigenvalue weighted by Crippen LogP contribution is 2.44. The Bertz CT molecular complexity index is 1210. The van der Waals surface area contributed by atoms with Crippen molar-refractivity contribution >= 4 is 17.2 Å². The number of carbonyl (C=O) groups excluding carboxylic acids is 1. The maximum Gasteiger partial charge on any atom is 0.255 e. The predicted octanol–water partition coefficient (Wildman–Crippen LogP) is 4.57. The van der Waals surface area contributed by atoms with Crippen LogP contribution in [0.5, 0.6) is 0 Å². The maximum atomic E-state index is 13.6.